The number of rotatable bonds is 7. The van der Waals surface area contributed by atoms with E-state index in [4.69, 9.17) is 5.73 Å². The summed E-state index contributed by atoms with van der Waals surface area (Å²) in [6.45, 7) is 0. The molecule has 2 aliphatic carbocycles. The molecule has 2 unspecified atom stereocenters. The Hall–Kier alpha value is -0.640. The summed E-state index contributed by atoms with van der Waals surface area (Å²) in [4.78, 5) is 21.6. The number of nitrogens with two attached hydrogens (primary N) is 1. The maximum Gasteiger partial charge on any atom is 0.332 e. The van der Waals surface area contributed by atoms with Gasteiger partial charge >= 0.3 is 5.97 Å². The average Bonchev–Trinajstić information content (AvgIpc) is 2.55. The van der Waals surface area contributed by atoms with Crippen LogP contribution in [0.2, 0.25) is 0 Å². The number of hydrogen-bond donors (Lipinski definition) is 3. The molecular formula is C18H32NO4P. The summed E-state index contributed by atoms with van der Waals surface area (Å²) in [5, 5.41) is 9.62. The minimum atomic E-state index is -3.04. The molecule has 4 N–H and O–H groups in total. The third kappa shape index (κ3) is 5.72. The van der Waals surface area contributed by atoms with Gasteiger partial charge in [-0.3, -0.25) is 4.57 Å². The van der Waals surface area contributed by atoms with Crippen LogP contribution in [0.15, 0.2) is 11.6 Å². The second kappa shape index (κ2) is 9.74. The molecule has 24 heavy (non-hydrogen) atoms. The van der Waals surface area contributed by atoms with E-state index in [0.29, 0.717) is 12.3 Å². The standard InChI is InChI=1S/C18H32NO4P/c19-16(12-14-9-5-2-6-10-14)17(24(22)23)15(18(20)21)11-13-7-3-1-4-8-13/h11,13-14,16-17,24H,1-10,12,19H2,(H,20,21)(H,22,23)/b15-11+/t16-,17?/m1/s1. The van der Waals surface area contributed by atoms with Gasteiger partial charge in [-0.2, -0.15) is 0 Å². The van der Waals surface area contributed by atoms with Crippen LogP contribution in [0.1, 0.15) is 70.6 Å². The predicted molar refractivity (Wildman–Crippen MR) is 96.5 cm³/mol. The molecule has 0 heterocycles. The van der Waals surface area contributed by atoms with Crippen LogP contribution in [0.5, 0.6) is 0 Å². The largest absolute Gasteiger partial charge is 0.478 e. The van der Waals surface area contributed by atoms with Crippen LogP contribution in [0.25, 0.3) is 0 Å². The fourth-order valence-corrected chi connectivity index (χ4v) is 5.34. The zero-order valence-corrected chi connectivity index (χ0v) is 15.5. The zero-order valence-electron chi connectivity index (χ0n) is 14.5. The summed E-state index contributed by atoms with van der Waals surface area (Å²) >= 11 is 0. The van der Waals surface area contributed by atoms with Gasteiger partial charge in [0.25, 0.3) is 0 Å². The minimum Gasteiger partial charge on any atom is -0.478 e. The van der Waals surface area contributed by atoms with E-state index in [0.717, 1.165) is 38.5 Å². The lowest BCUT2D eigenvalue weighted by Gasteiger charge is -2.29. The molecule has 0 aliphatic heterocycles. The first-order chi connectivity index (χ1) is 11.5. The Morgan fingerprint density at radius 3 is 2.12 bits per heavy atom. The summed E-state index contributed by atoms with van der Waals surface area (Å²) in [6.07, 6.45) is 13.5. The lowest BCUT2D eigenvalue weighted by molar-refractivity contribution is -0.132. The van der Waals surface area contributed by atoms with Gasteiger partial charge in [0.1, 0.15) is 0 Å². The van der Waals surface area contributed by atoms with E-state index < -0.39 is 25.7 Å². The lowest BCUT2D eigenvalue weighted by Crippen LogP contribution is -2.38. The normalized spacial score (nSPS) is 25.2. The van der Waals surface area contributed by atoms with Gasteiger partial charge in [-0.05, 0) is 31.1 Å². The highest BCUT2D eigenvalue weighted by atomic mass is 31.1. The summed E-state index contributed by atoms with van der Waals surface area (Å²) in [5.74, 6) is -0.421. The molecule has 2 rings (SSSR count). The molecule has 0 aromatic heterocycles. The van der Waals surface area contributed by atoms with Crippen LogP contribution in [-0.2, 0) is 9.36 Å². The van der Waals surface area contributed by atoms with Crippen molar-refractivity contribution in [1.82, 2.24) is 0 Å². The molecule has 0 amide bonds. The topological polar surface area (TPSA) is 101 Å². The predicted octanol–water partition coefficient (Wildman–Crippen LogP) is 3.71. The Labute approximate surface area is 145 Å². The Morgan fingerprint density at radius 1 is 1.08 bits per heavy atom. The number of carboxylic acid groups (broad SMARTS) is 1. The number of aliphatic carboxylic acids is 1. The summed E-state index contributed by atoms with van der Waals surface area (Å²) in [6, 6.07) is -0.546. The Bertz CT molecular complexity index is 468. The number of carboxylic acids is 1. The summed E-state index contributed by atoms with van der Waals surface area (Å²) < 4.78 is 12.0. The first kappa shape index (κ1) is 19.7. The second-order valence-corrected chi connectivity index (χ2v) is 8.84. The van der Waals surface area contributed by atoms with E-state index in [1.165, 1.54) is 25.7 Å². The Kier molecular flexibility index (Phi) is 7.99. The van der Waals surface area contributed by atoms with Gasteiger partial charge in [0.05, 0.1) is 5.66 Å². The molecule has 3 atom stereocenters. The van der Waals surface area contributed by atoms with Crippen LogP contribution in [-0.4, -0.2) is 27.7 Å². The van der Waals surface area contributed by atoms with Crippen molar-refractivity contribution in [3.63, 3.8) is 0 Å². The van der Waals surface area contributed by atoms with E-state index >= 15 is 0 Å². The molecule has 2 saturated carbocycles. The molecule has 0 radical (unpaired) electrons. The van der Waals surface area contributed by atoms with E-state index in [2.05, 4.69) is 0 Å². The monoisotopic (exact) mass is 357 g/mol. The lowest BCUT2D eigenvalue weighted by atomic mass is 9.82. The molecule has 6 heteroatoms. The van der Waals surface area contributed by atoms with Gasteiger partial charge < -0.3 is 15.7 Å². The van der Waals surface area contributed by atoms with Crippen LogP contribution in [0, 0.1) is 11.8 Å². The maximum atomic E-state index is 12.0. The molecule has 138 valence electrons. The number of hydrogen-bond acceptors (Lipinski definition) is 3. The number of allylic oxidation sites excluding steroid dienone is 1. The van der Waals surface area contributed by atoms with E-state index in [1.54, 1.807) is 6.08 Å². The SMILES string of the molecule is N[C@H](CC1CCCCC1)C(/C(=C\C1CCCCC1)C(=O)O)[PH](=O)O. The van der Waals surface area contributed by atoms with Crippen molar-refractivity contribution in [3.8, 4) is 0 Å². The minimum absolute atomic E-state index is 0.0802. The van der Waals surface area contributed by atoms with E-state index in [-0.39, 0.29) is 11.5 Å². The van der Waals surface area contributed by atoms with Crippen molar-refractivity contribution in [2.75, 3.05) is 0 Å². The Morgan fingerprint density at radius 2 is 1.62 bits per heavy atom. The van der Waals surface area contributed by atoms with Crippen molar-refractivity contribution in [1.29, 1.82) is 0 Å². The van der Waals surface area contributed by atoms with Gasteiger partial charge in [0, 0.05) is 11.6 Å². The molecule has 0 aromatic rings. The van der Waals surface area contributed by atoms with Gasteiger partial charge in [-0.15, -0.1) is 0 Å². The fraction of sp³-hybridized carbons (Fsp3) is 0.833. The van der Waals surface area contributed by atoms with Gasteiger partial charge in [-0.1, -0.05) is 57.4 Å². The first-order valence-corrected chi connectivity index (χ1v) is 10.9. The summed E-state index contributed by atoms with van der Waals surface area (Å²) in [7, 11) is -3.04. The smallest absolute Gasteiger partial charge is 0.332 e. The third-order valence-electron chi connectivity index (χ3n) is 5.67. The Balaban J connectivity index is 2.12. The zero-order chi connectivity index (χ0) is 17.5. The van der Waals surface area contributed by atoms with Crippen molar-refractivity contribution < 1.29 is 19.4 Å². The van der Waals surface area contributed by atoms with Crippen LogP contribution >= 0.6 is 8.03 Å². The molecule has 0 bridgehead atoms. The molecule has 0 spiro atoms. The molecule has 2 fully saturated rings. The van der Waals surface area contributed by atoms with Gasteiger partial charge in [0.15, 0.2) is 8.03 Å². The third-order valence-corrected chi connectivity index (χ3v) is 6.94. The van der Waals surface area contributed by atoms with Crippen LogP contribution < -0.4 is 5.73 Å². The van der Waals surface area contributed by atoms with Crippen molar-refractivity contribution >= 4 is 14.0 Å². The quantitative estimate of drug-likeness (QED) is 0.476. The maximum absolute atomic E-state index is 12.0. The number of carbonyl (C=O) groups is 1. The second-order valence-electron chi connectivity index (χ2n) is 7.54. The highest BCUT2D eigenvalue weighted by molar-refractivity contribution is 7.39. The highest BCUT2D eigenvalue weighted by Gasteiger charge is 2.33. The van der Waals surface area contributed by atoms with Crippen molar-refractivity contribution in [2.45, 2.75) is 82.3 Å². The molecular weight excluding hydrogens is 325 g/mol. The summed E-state index contributed by atoms with van der Waals surface area (Å²) in [5.41, 5.74) is 5.41. The van der Waals surface area contributed by atoms with Crippen molar-refractivity contribution in [3.05, 3.63) is 11.6 Å². The molecule has 0 aromatic carbocycles. The average molecular weight is 357 g/mol. The fourth-order valence-electron chi connectivity index (χ4n) is 4.35. The highest BCUT2D eigenvalue weighted by Crippen LogP contribution is 2.37. The van der Waals surface area contributed by atoms with Gasteiger partial charge in [-0.25, -0.2) is 4.79 Å². The molecule has 5 nitrogen and oxygen atoms in total. The van der Waals surface area contributed by atoms with Crippen molar-refractivity contribution in [2.24, 2.45) is 17.6 Å². The van der Waals surface area contributed by atoms with E-state index in [9.17, 15) is 19.4 Å². The van der Waals surface area contributed by atoms with Crippen LogP contribution in [0.4, 0.5) is 0 Å². The molecule has 2 aliphatic rings. The van der Waals surface area contributed by atoms with Gasteiger partial charge in [0.2, 0.25) is 0 Å². The van der Waals surface area contributed by atoms with Crippen LogP contribution in [0.3, 0.4) is 0 Å². The van der Waals surface area contributed by atoms with E-state index in [1.807, 2.05) is 0 Å². The first-order valence-electron chi connectivity index (χ1n) is 9.42. The molecule has 0 saturated heterocycles.